The maximum Gasteiger partial charge on any atom is 0.311 e. The summed E-state index contributed by atoms with van der Waals surface area (Å²) < 4.78 is 7.64. The number of nitrogens with zero attached hydrogens (tertiary/aromatic N) is 2. The van der Waals surface area contributed by atoms with Crippen molar-refractivity contribution in [2.75, 3.05) is 26.3 Å². The van der Waals surface area contributed by atoms with E-state index in [2.05, 4.69) is 16.7 Å². The third-order valence-corrected chi connectivity index (χ3v) is 6.41. The minimum absolute atomic E-state index is 0.0811. The van der Waals surface area contributed by atoms with Crippen molar-refractivity contribution in [2.24, 2.45) is 11.3 Å². The number of aliphatic carboxylic acids is 1. The standard InChI is InChI=1S/C22H26N2O4/c1-15-10-19(16(2)24(15)11-17-6-4-3-5-7-17)20(25)23-12-18-13-28-9-8-22(18,14-23)21(26)27/h3-7,10,18H,8-9,11-14H2,1-2H3,(H,26,27)/t18-,22+/m0/s1. The van der Waals surface area contributed by atoms with Gasteiger partial charge in [-0.05, 0) is 31.9 Å². The number of carboxylic acid groups (broad SMARTS) is 1. The van der Waals surface area contributed by atoms with Crippen LogP contribution in [0.25, 0.3) is 0 Å². The van der Waals surface area contributed by atoms with Crippen LogP contribution in [0.15, 0.2) is 36.4 Å². The monoisotopic (exact) mass is 382 g/mol. The van der Waals surface area contributed by atoms with E-state index in [0.29, 0.717) is 38.3 Å². The van der Waals surface area contributed by atoms with Crippen molar-refractivity contribution in [1.29, 1.82) is 0 Å². The zero-order valence-corrected chi connectivity index (χ0v) is 16.4. The first-order chi connectivity index (χ1) is 13.4. The summed E-state index contributed by atoms with van der Waals surface area (Å²) in [5.41, 5.74) is 2.91. The molecule has 4 rings (SSSR count). The van der Waals surface area contributed by atoms with Gasteiger partial charge in [0.1, 0.15) is 0 Å². The summed E-state index contributed by atoms with van der Waals surface area (Å²) >= 11 is 0. The van der Waals surface area contributed by atoms with Gasteiger partial charge in [-0.15, -0.1) is 0 Å². The first-order valence-electron chi connectivity index (χ1n) is 9.73. The van der Waals surface area contributed by atoms with E-state index >= 15 is 0 Å². The molecule has 0 saturated carbocycles. The topological polar surface area (TPSA) is 71.8 Å². The van der Waals surface area contributed by atoms with Gasteiger partial charge < -0.3 is 19.3 Å². The molecule has 3 heterocycles. The van der Waals surface area contributed by atoms with Gasteiger partial charge in [-0.3, -0.25) is 9.59 Å². The molecule has 2 atom stereocenters. The van der Waals surface area contributed by atoms with Gasteiger partial charge in [0.05, 0.1) is 17.6 Å². The molecule has 0 aliphatic carbocycles. The zero-order chi connectivity index (χ0) is 19.9. The summed E-state index contributed by atoms with van der Waals surface area (Å²) in [6.45, 7) is 6.22. The van der Waals surface area contributed by atoms with Crippen molar-refractivity contribution in [3.05, 3.63) is 58.9 Å². The number of benzene rings is 1. The van der Waals surface area contributed by atoms with Gasteiger partial charge in [0.2, 0.25) is 0 Å². The van der Waals surface area contributed by atoms with Crippen LogP contribution in [0.3, 0.4) is 0 Å². The molecule has 1 aromatic heterocycles. The molecule has 0 bridgehead atoms. The van der Waals surface area contributed by atoms with Crippen molar-refractivity contribution >= 4 is 11.9 Å². The molecule has 1 aromatic carbocycles. The van der Waals surface area contributed by atoms with E-state index in [1.807, 2.05) is 38.1 Å². The lowest BCUT2D eigenvalue weighted by molar-refractivity contribution is -0.157. The number of fused-ring (bicyclic) bond motifs is 1. The summed E-state index contributed by atoms with van der Waals surface area (Å²) in [5, 5.41) is 9.84. The highest BCUT2D eigenvalue weighted by atomic mass is 16.5. The highest BCUT2D eigenvalue weighted by Crippen LogP contribution is 2.43. The van der Waals surface area contributed by atoms with Crippen LogP contribution in [0.4, 0.5) is 0 Å². The summed E-state index contributed by atoms with van der Waals surface area (Å²) in [6, 6.07) is 12.1. The number of hydrogen-bond acceptors (Lipinski definition) is 3. The number of hydrogen-bond donors (Lipinski definition) is 1. The molecule has 2 fully saturated rings. The van der Waals surface area contributed by atoms with Crippen LogP contribution in [0.2, 0.25) is 0 Å². The Morgan fingerprint density at radius 3 is 2.68 bits per heavy atom. The quantitative estimate of drug-likeness (QED) is 0.883. The largest absolute Gasteiger partial charge is 0.481 e. The number of aryl methyl sites for hydroxylation is 1. The Hall–Kier alpha value is -2.60. The van der Waals surface area contributed by atoms with E-state index in [9.17, 15) is 14.7 Å². The van der Waals surface area contributed by atoms with Crippen LogP contribution >= 0.6 is 0 Å². The smallest absolute Gasteiger partial charge is 0.311 e. The molecular weight excluding hydrogens is 356 g/mol. The predicted molar refractivity (Wildman–Crippen MR) is 104 cm³/mol. The zero-order valence-electron chi connectivity index (χ0n) is 16.4. The number of carbonyl (C=O) groups excluding carboxylic acids is 1. The van der Waals surface area contributed by atoms with Gasteiger partial charge in [0.25, 0.3) is 5.91 Å². The fourth-order valence-electron chi connectivity index (χ4n) is 4.65. The van der Waals surface area contributed by atoms with Crippen LogP contribution < -0.4 is 0 Å². The third-order valence-electron chi connectivity index (χ3n) is 6.41. The summed E-state index contributed by atoms with van der Waals surface area (Å²) in [4.78, 5) is 27.0. The number of likely N-dealkylation sites (tertiary alicyclic amines) is 1. The van der Waals surface area contributed by atoms with Gasteiger partial charge in [-0.2, -0.15) is 0 Å². The molecule has 0 spiro atoms. The van der Waals surface area contributed by atoms with Crippen molar-refractivity contribution in [3.63, 3.8) is 0 Å². The van der Waals surface area contributed by atoms with Crippen LogP contribution in [-0.2, 0) is 16.1 Å². The molecule has 0 radical (unpaired) electrons. The molecule has 2 saturated heterocycles. The van der Waals surface area contributed by atoms with Gasteiger partial charge >= 0.3 is 5.97 Å². The van der Waals surface area contributed by atoms with Crippen LogP contribution in [0.5, 0.6) is 0 Å². The summed E-state index contributed by atoms with van der Waals surface area (Å²) in [6.07, 6.45) is 0.462. The molecular formula is C22H26N2O4. The SMILES string of the molecule is Cc1cc(C(=O)N2C[C@H]3COCC[C@@]3(C(=O)O)C2)c(C)n1Cc1ccccc1. The van der Waals surface area contributed by atoms with E-state index in [1.165, 1.54) is 5.56 Å². The van der Waals surface area contributed by atoms with Gasteiger partial charge in [-0.25, -0.2) is 0 Å². The lowest BCUT2D eigenvalue weighted by Crippen LogP contribution is -2.45. The molecule has 2 aromatic rings. The minimum Gasteiger partial charge on any atom is -0.481 e. The lowest BCUT2D eigenvalue weighted by Gasteiger charge is -2.33. The molecule has 148 valence electrons. The first-order valence-corrected chi connectivity index (χ1v) is 9.73. The Balaban J connectivity index is 1.59. The Bertz CT molecular complexity index is 905. The molecule has 28 heavy (non-hydrogen) atoms. The molecule has 2 aliphatic heterocycles. The second kappa shape index (κ2) is 7.09. The second-order valence-electron chi connectivity index (χ2n) is 8.03. The highest BCUT2D eigenvalue weighted by Gasteiger charge is 2.55. The first kappa shape index (κ1) is 18.7. The second-order valence-corrected chi connectivity index (χ2v) is 8.03. The van der Waals surface area contributed by atoms with Crippen molar-refractivity contribution in [1.82, 2.24) is 9.47 Å². The number of ether oxygens (including phenoxy) is 1. The average molecular weight is 382 g/mol. The minimum atomic E-state index is -0.872. The number of aromatic nitrogens is 1. The van der Waals surface area contributed by atoms with Crippen molar-refractivity contribution in [3.8, 4) is 0 Å². The lowest BCUT2D eigenvalue weighted by atomic mass is 9.74. The number of amides is 1. The van der Waals surface area contributed by atoms with Gasteiger partial charge in [0.15, 0.2) is 0 Å². The van der Waals surface area contributed by atoms with Crippen LogP contribution in [0, 0.1) is 25.2 Å². The van der Waals surface area contributed by atoms with Gasteiger partial charge in [0, 0.05) is 43.5 Å². The average Bonchev–Trinajstić information content (AvgIpc) is 3.22. The predicted octanol–water partition coefficient (Wildman–Crippen LogP) is 2.72. The van der Waals surface area contributed by atoms with Crippen LogP contribution in [-0.4, -0.2) is 52.8 Å². The Morgan fingerprint density at radius 2 is 2.00 bits per heavy atom. The third kappa shape index (κ3) is 3.02. The fraction of sp³-hybridized carbons (Fsp3) is 0.455. The molecule has 1 amide bonds. The fourth-order valence-corrected chi connectivity index (χ4v) is 4.65. The van der Waals surface area contributed by atoms with E-state index in [0.717, 1.165) is 11.4 Å². The number of carbonyl (C=O) groups is 2. The summed E-state index contributed by atoms with van der Waals surface area (Å²) in [5.74, 6) is -1.04. The van der Waals surface area contributed by atoms with Gasteiger partial charge in [-0.1, -0.05) is 30.3 Å². The van der Waals surface area contributed by atoms with E-state index in [-0.39, 0.29) is 18.4 Å². The van der Waals surface area contributed by atoms with E-state index in [1.54, 1.807) is 4.90 Å². The van der Waals surface area contributed by atoms with E-state index in [4.69, 9.17) is 4.74 Å². The maximum atomic E-state index is 13.3. The Labute approximate surface area is 164 Å². The van der Waals surface area contributed by atoms with Crippen molar-refractivity contribution in [2.45, 2.75) is 26.8 Å². The molecule has 0 unspecified atom stereocenters. The molecule has 6 heteroatoms. The molecule has 2 aliphatic rings. The van der Waals surface area contributed by atoms with Crippen molar-refractivity contribution < 1.29 is 19.4 Å². The Kier molecular flexibility index (Phi) is 4.75. The maximum absolute atomic E-state index is 13.3. The number of carboxylic acids is 1. The van der Waals surface area contributed by atoms with E-state index < -0.39 is 11.4 Å². The summed E-state index contributed by atoms with van der Waals surface area (Å²) in [7, 11) is 0. The highest BCUT2D eigenvalue weighted by molar-refractivity contribution is 5.96. The molecule has 1 N–H and O–H groups in total. The normalized spacial score (nSPS) is 24.2. The van der Waals surface area contributed by atoms with Crippen LogP contribution in [0.1, 0.15) is 33.7 Å². The molecule has 6 nitrogen and oxygen atoms in total. The number of rotatable bonds is 4. The Morgan fingerprint density at radius 1 is 1.25 bits per heavy atom.